The van der Waals surface area contributed by atoms with Crippen LogP contribution >= 0.6 is 0 Å². The van der Waals surface area contributed by atoms with E-state index in [4.69, 9.17) is 9.84 Å². The van der Waals surface area contributed by atoms with Crippen molar-refractivity contribution in [3.05, 3.63) is 65.0 Å². The number of hydrogen-bond donors (Lipinski definition) is 3. The number of nitrogens with zero attached hydrogens (tertiary/aromatic N) is 1. The van der Waals surface area contributed by atoms with Crippen molar-refractivity contribution in [1.29, 1.82) is 0 Å². The van der Waals surface area contributed by atoms with E-state index in [0.717, 1.165) is 31.2 Å². The van der Waals surface area contributed by atoms with Gasteiger partial charge in [-0.3, -0.25) is 9.59 Å². The number of benzene rings is 2. The number of halogens is 7. The number of amides is 2. The third-order valence-corrected chi connectivity index (χ3v) is 5.83. The molecule has 2 aromatic rings. The number of aliphatic hydroxyl groups excluding tert-OH is 2. The summed E-state index contributed by atoms with van der Waals surface area (Å²) < 4.78 is 105. The molecule has 1 unspecified atom stereocenters. The van der Waals surface area contributed by atoms with Crippen LogP contribution in [0.1, 0.15) is 34.8 Å². The van der Waals surface area contributed by atoms with Crippen molar-refractivity contribution in [2.45, 2.75) is 37.7 Å². The normalized spacial score (nSPS) is 17.6. The Balaban J connectivity index is 2.09. The van der Waals surface area contributed by atoms with Crippen LogP contribution in [0.25, 0.3) is 5.57 Å². The van der Waals surface area contributed by atoms with Gasteiger partial charge >= 0.3 is 6.18 Å². The van der Waals surface area contributed by atoms with Gasteiger partial charge in [0.05, 0.1) is 29.5 Å². The molecule has 7 nitrogen and oxygen atoms in total. The number of alkyl halides is 6. The van der Waals surface area contributed by atoms with E-state index in [-0.39, 0.29) is 11.4 Å². The summed E-state index contributed by atoms with van der Waals surface area (Å²) in [6, 6.07) is 4.63. The Morgan fingerprint density at radius 2 is 1.90 bits per heavy atom. The molecule has 2 atom stereocenters. The smallest absolute Gasteiger partial charge is 0.417 e. The summed E-state index contributed by atoms with van der Waals surface area (Å²) >= 11 is 0. The molecule has 0 aromatic heterocycles. The van der Waals surface area contributed by atoms with Crippen molar-refractivity contribution in [2.75, 3.05) is 31.2 Å². The standard InChI is InChI=1S/C26H25F7N2O5/c1-14(27)13-40-17-3-4-18(21(9-17)26(31,32)33)24(39)35-7-6-25(29,30)20(10-23(38)34-11-16(37)12-36)19-8-15(28)2-5-22(19)35/h2-5,8-10,14,16,36-37H,6-7,11-13H2,1H3,(H,34,38)/b20-10-/t14-,16?/m1/s1. The molecule has 14 heteroatoms. The third-order valence-electron chi connectivity index (χ3n) is 5.83. The molecule has 0 fully saturated rings. The Hall–Kier alpha value is -3.65. The average Bonchev–Trinajstić information content (AvgIpc) is 2.98. The first-order valence-corrected chi connectivity index (χ1v) is 11.9. The maximum Gasteiger partial charge on any atom is 0.417 e. The topological polar surface area (TPSA) is 99.1 Å². The quantitative estimate of drug-likeness (QED) is 0.324. The van der Waals surface area contributed by atoms with Crippen LogP contribution in [0.15, 0.2) is 42.5 Å². The Labute approximate surface area is 223 Å². The van der Waals surface area contributed by atoms with Crippen molar-refractivity contribution in [2.24, 2.45) is 0 Å². The molecule has 0 bridgehead atoms. The van der Waals surface area contributed by atoms with E-state index in [1.165, 1.54) is 0 Å². The van der Waals surface area contributed by atoms with Gasteiger partial charge in [0.2, 0.25) is 5.91 Å². The van der Waals surface area contributed by atoms with Gasteiger partial charge in [0.15, 0.2) is 0 Å². The maximum atomic E-state index is 15.3. The number of carbonyl (C=O) groups is 2. The maximum absolute atomic E-state index is 15.3. The molecule has 0 saturated carbocycles. The SMILES string of the molecule is C[C@@H](F)COc1ccc(C(=O)N2CCC(F)(F)/C(=C\C(=O)NCC(O)CO)c3cc(F)ccc32)c(C(F)(F)F)c1. The van der Waals surface area contributed by atoms with Crippen LogP contribution in [0.3, 0.4) is 0 Å². The van der Waals surface area contributed by atoms with Crippen molar-refractivity contribution < 1.29 is 55.3 Å². The summed E-state index contributed by atoms with van der Waals surface area (Å²) in [5, 5.41) is 20.3. The molecule has 0 spiro atoms. The van der Waals surface area contributed by atoms with E-state index in [9.17, 15) is 36.6 Å². The van der Waals surface area contributed by atoms with Gasteiger partial charge in [-0.1, -0.05) is 0 Å². The predicted molar refractivity (Wildman–Crippen MR) is 129 cm³/mol. The van der Waals surface area contributed by atoms with Gasteiger partial charge in [-0.15, -0.1) is 0 Å². The van der Waals surface area contributed by atoms with Crippen LogP contribution in [-0.2, 0) is 11.0 Å². The second-order valence-corrected chi connectivity index (χ2v) is 9.01. The monoisotopic (exact) mass is 578 g/mol. The molecule has 0 radical (unpaired) electrons. The molecule has 0 saturated heterocycles. The fourth-order valence-electron chi connectivity index (χ4n) is 3.91. The fraction of sp³-hybridized carbons (Fsp3) is 0.385. The Kier molecular flexibility index (Phi) is 9.46. The summed E-state index contributed by atoms with van der Waals surface area (Å²) in [5.74, 6) is -7.70. The molecule has 1 aliphatic rings. The minimum Gasteiger partial charge on any atom is -0.491 e. The van der Waals surface area contributed by atoms with Crippen molar-refractivity contribution in [3.63, 3.8) is 0 Å². The minimum absolute atomic E-state index is 0.374. The largest absolute Gasteiger partial charge is 0.491 e. The first-order valence-electron chi connectivity index (χ1n) is 11.9. The minimum atomic E-state index is -5.09. The average molecular weight is 578 g/mol. The lowest BCUT2D eigenvalue weighted by Gasteiger charge is -2.25. The molecule has 1 heterocycles. The number of anilines is 1. The molecule has 3 N–H and O–H groups in total. The van der Waals surface area contributed by atoms with E-state index < -0.39 is 97.0 Å². The molecule has 2 amide bonds. The first kappa shape index (κ1) is 30.9. The highest BCUT2D eigenvalue weighted by molar-refractivity contribution is 6.10. The van der Waals surface area contributed by atoms with Gasteiger partial charge in [-0.05, 0) is 43.3 Å². The van der Waals surface area contributed by atoms with E-state index >= 15 is 8.78 Å². The van der Waals surface area contributed by atoms with Gasteiger partial charge < -0.3 is 25.2 Å². The van der Waals surface area contributed by atoms with Crippen molar-refractivity contribution in [1.82, 2.24) is 5.32 Å². The zero-order chi connectivity index (χ0) is 29.8. The highest BCUT2D eigenvalue weighted by Gasteiger charge is 2.43. The van der Waals surface area contributed by atoms with Crippen LogP contribution in [0, 0.1) is 5.82 Å². The van der Waals surface area contributed by atoms with Crippen molar-refractivity contribution >= 4 is 23.1 Å². The van der Waals surface area contributed by atoms with Gasteiger partial charge in [0.1, 0.15) is 24.3 Å². The number of fused-ring (bicyclic) bond motifs is 1. The van der Waals surface area contributed by atoms with E-state index in [1.807, 2.05) is 0 Å². The van der Waals surface area contributed by atoms with Crippen LogP contribution in [0.2, 0.25) is 0 Å². The summed E-state index contributed by atoms with van der Waals surface area (Å²) in [5.41, 5.74) is -4.38. The Bertz CT molecular complexity index is 1280. The second-order valence-electron chi connectivity index (χ2n) is 9.01. The Morgan fingerprint density at radius 3 is 2.52 bits per heavy atom. The lowest BCUT2D eigenvalue weighted by molar-refractivity contribution is -0.138. The number of rotatable bonds is 8. The molecule has 40 heavy (non-hydrogen) atoms. The molecule has 3 rings (SSSR count). The van der Waals surface area contributed by atoms with Gasteiger partial charge in [-0.25, -0.2) is 17.6 Å². The Morgan fingerprint density at radius 1 is 1.20 bits per heavy atom. The number of hydrogen-bond acceptors (Lipinski definition) is 5. The van der Waals surface area contributed by atoms with Crippen LogP contribution < -0.4 is 15.0 Å². The lowest BCUT2D eigenvalue weighted by atomic mass is 9.96. The van der Waals surface area contributed by atoms with Gasteiger partial charge in [0.25, 0.3) is 11.8 Å². The van der Waals surface area contributed by atoms with Crippen LogP contribution in [0.4, 0.5) is 36.4 Å². The molecular formula is C26H25F7N2O5. The zero-order valence-corrected chi connectivity index (χ0v) is 20.9. The fourth-order valence-corrected chi connectivity index (χ4v) is 3.91. The summed E-state index contributed by atoms with van der Waals surface area (Å²) in [6.07, 6.45) is -8.65. The highest BCUT2D eigenvalue weighted by Crippen LogP contribution is 2.44. The number of ether oxygens (including phenoxy) is 1. The summed E-state index contributed by atoms with van der Waals surface area (Å²) in [4.78, 5) is 26.4. The van der Waals surface area contributed by atoms with E-state index in [2.05, 4.69) is 5.32 Å². The van der Waals surface area contributed by atoms with Crippen LogP contribution in [-0.4, -0.2) is 66.5 Å². The van der Waals surface area contributed by atoms with E-state index in [1.54, 1.807) is 0 Å². The highest BCUT2D eigenvalue weighted by atomic mass is 19.4. The molecule has 1 aliphatic heterocycles. The number of aliphatic hydroxyl groups is 2. The predicted octanol–water partition coefficient (Wildman–Crippen LogP) is 4.12. The summed E-state index contributed by atoms with van der Waals surface area (Å²) in [7, 11) is 0. The summed E-state index contributed by atoms with van der Waals surface area (Å²) in [6.45, 7) is -1.44. The van der Waals surface area contributed by atoms with E-state index in [0.29, 0.717) is 23.1 Å². The lowest BCUT2D eigenvalue weighted by Crippen LogP contribution is -2.34. The van der Waals surface area contributed by atoms with Crippen LogP contribution in [0.5, 0.6) is 5.75 Å². The van der Waals surface area contributed by atoms with Gasteiger partial charge in [-0.2, -0.15) is 13.2 Å². The van der Waals surface area contributed by atoms with Crippen molar-refractivity contribution in [3.8, 4) is 5.75 Å². The number of allylic oxidation sites excluding steroid dienone is 1. The molecule has 218 valence electrons. The molecule has 2 aromatic carbocycles. The zero-order valence-electron chi connectivity index (χ0n) is 20.9. The molecule has 0 aliphatic carbocycles. The first-order chi connectivity index (χ1) is 18.6. The number of nitrogens with one attached hydrogen (secondary N) is 1. The molecular weight excluding hydrogens is 553 g/mol. The third kappa shape index (κ3) is 7.30. The number of carbonyl (C=O) groups excluding carboxylic acids is 2. The second kappa shape index (κ2) is 12.3. The van der Waals surface area contributed by atoms with Gasteiger partial charge in [0, 0.05) is 36.7 Å².